The van der Waals surface area contributed by atoms with Gasteiger partial charge in [0.05, 0.1) is 17.7 Å². The van der Waals surface area contributed by atoms with Crippen LogP contribution in [0.2, 0.25) is 5.02 Å². The summed E-state index contributed by atoms with van der Waals surface area (Å²) >= 11 is 6.03. The first-order chi connectivity index (χ1) is 12.9. The molecule has 3 aromatic rings. The van der Waals surface area contributed by atoms with Gasteiger partial charge in [-0.3, -0.25) is 9.52 Å². The van der Waals surface area contributed by atoms with Crippen LogP contribution in [0.5, 0.6) is 5.75 Å². The van der Waals surface area contributed by atoms with Crippen molar-refractivity contribution < 1.29 is 17.9 Å². The first kappa shape index (κ1) is 18.9. The van der Waals surface area contributed by atoms with Gasteiger partial charge < -0.3 is 4.74 Å². The zero-order chi connectivity index (χ0) is 19.4. The molecular weight excluding hydrogens is 386 g/mol. The minimum absolute atomic E-state index is 0.0522. The molecule has 0 spiro atoms. The van der Waals surface area contributed by atoms with Gasteiger partial charge in [-0.15, -0.1) is 0 Å². The molecule has 0 bridgehead atoms. The standard InChI is InChI=1S/C20H16ClNO4S/c1-26-16-8-10-17(11-9-16)27(24,25)22-19-12-7-15(21)13-18(19)20(23)14-5-3-2-4-6-14/h2-13,22H,1H3. The number of hydrogen-bond donors (Lipinski definition) is 1. The highest BCUT2D eigenvalue weighted by atomic mass is 35.5. The van der Waals surface area contributed by atoms with Gasteiger partial charge in [0, 0.05) is 16.1 Å². The van der Waals surface area contributed by atoms with Crippen LogP contribution in [0, 0.1) is 0 Å². The Labute approximate surface area is 162 Å². The van der Waals surface area contributed by atoms with E-state index in [0.717, 1.165) is 0 Å². The molecular formula is C20H16ClNO4S. The summed E-state index contributed by atoms with van der Waals surface area (Å²) in [5.74, 6) is 0.214. The number of rotatable bonds is 6. The fraction of sp³-hybridized carbons (Fsp3) is 0.0500. The van der Waals surface area contributed by atoms with Crippen LogP contribution >= 0.6 is 11.6 Å². The lowest BCUT2D eigenvalue weighted by Crippen LogP contribution is -2.16. The average Bonchev–Trinajstić information content (AvgIpc) is 2.69. The molecule has 7 heteroatoms. The maximum atomic E-state index is 12.8. The van der Waals surface area contributed by atoms with Crippen LogP contribution in [0.15, 0.2) is 77.7 Å². The SMILES string of the molecule is COc1ccc(S(=O)(=O)Nc2ccc(Cl)cc2C(=O)c2ccccc2)cc1. The Bertz CT molecular complexity index is 1060. The number of ketones is 1. The van der Waals surface area contributed by atoms with Crippen molar-refractivity contribution in [1.29, 1.82) is 0 Å². The van der Waals surface area contributed by atoms with Crippen molar-refractivity contribution in [1.82, 2.24) is 0 Å². The number of carbonyl (C=O) groups excluding carboxylic acids is 1. The zero-order valence-electron chi connectivity index (χ0n) is 14.3. The summed E-state index contributed by atoms with van der Waals surface area (Å²) in [5.41, 5.74) is 0.763. The van der Waals surface area contributed by atoms with Gasteiger partial charge in [0.1, 0.15) is 5.75 Å². The Morgan fingerprint density at radius 1 is 0.963 bits per heavy atom. The van der Waals surface area contributed by atoms with E-state index in [1.54, 1.807) is 42.5 Å². The molecule has 5 nitrogen and oxygen atoms in total. The Hall–Kier alpha value is -2.83. The van der Waals surface area contributed by atoms with E-state index in [-0.39, 0.29) is 21.9 Å². The maximum Gasteiger partial charge on any atom is 0.261 e. The largest absolute Gasteiger partial charge is 0.497 e. The fourth-order valence-electron chi connectivity index (χ4n) is 2.50. The molecule has 0 saturated heterocycles. The monoisotopic (exact) mass is 401 g/mol. The normalized spacial score (nSPS) is 11.0. The van der Waals surface area contributed by atoms with Crippen molar-refractivity contribution in [2.24, 2.45) is 0 Å². The Morgan fingerprint density at radius 3 is 2.26 bits per heavy atom. The number of nitrogens with one attached hydrogen (secondary N) is 1. The molecule has 3 rings (SSSR count). The maximum absolute atomic E-state index is 12.8. The Morgan fingerprint density at radius 2 is 1.63 bits per heavy atom. The summed E-state index contributed by atoms with van der Waals surface area (Å²) in [6, 6.07) is 19.0. The predicted octanol–water partition coefficient (Wildman–Crippen LogP) is 4.38. The lowest BCUT2D eigenvalue weighted by molar-refractivity contribution is 0.103. The number of methoxy groups -OCH3 is 1. The van der Waals surface area contributed by atoms with Crippen LogP contribution < -0.4 is 9.46 Å². The summed E-state index contributed by atoms with van der Waals surface area (Å²) in [5, 5.41) is 0.335. The van der Waals surface area contributed by atoms with Crippen LogP contribution in [-0.2, 0) is 10.0 Å². The smallest absolute Gasteiger partial charge is 0.261 e. The number of sulfonamides is 1. The third-order valence-corrected chi connectivity index (χ3v) is 5.49. The van der Waals surface area contributed by atoms with Crippen LogP contribution in [0.25, 0.3) is 0 Å². The van der Waals surface area contributed by atoms with E-state index in [4.69, 9.17) is 16.3 Å². The molecule has 0 atom stereocenters. The van der Waals surface area contributed by atoms with E-state index >= 15 is 0 Å². The molecule has 0 saturated carbocycles. The van der Waals surface area contributed by atoms with Gasteiger partial charge in [0.15, 0.2) is 5.78 Å². The number of halogens is 1. The van der Waals surface area contributed by atoms with Crippen molar-refractivity contribution in [3.05, 3.63) is 88.9 Å². The molecule has 0 aromatic heterocycles. The second kappa shape index (κ2) is 7.82. The quantitative estimate of drug-likeness (QED) is 0.622. The van der Waals surface area contributed by atoms with Crippen molar-refractivity contribution in [3.8, 4) is 5.75 Å². The van der Waals surface area contributed by atoms with E-state index in [0.29, 0.717) is 16.3 Å². The molecule has 0 heterocycles. The highest BCUT2D eigenvalue weighted by molar-refractivity contribution is 7.92. The number of carbonyl (C=O) groups is 1. The van der Waals surface area contributed by atoms with Gasteiger partial charge in [-0.05, 0) is 42.5 Å². The number of ether oxygens (including phenoxy) is 1. The minimum atomic E-state index is -3.89. The van der Waals surface area contributed by atoms with E-state index in [2.05, 4.69) is 4.72 Å². The van der Waals surface area contributed by atoms with Crippen LogP contribution in [-0.4, -0.2) is 21.3 Å². The number of hydrogen-bond acceptors (Lipinski definition) is 4. The molecule has 138 valence electrons. The third-order valence-electron chi connectivity index (χ3n) is 3.88. The van der Waals surface area contributed by atoms with Crippen molar-refractivity contribution in [2.75, 3.05) is 11.8 Å². The minimum Gasteiger partial charge on any atom is -0.497 e. The Kier molecular flexibility index (Phi) is 5.48. The molecule has 0 aliphatic rings. The fourth-order valence-corrected chi connectivity index (χ4v) is 3.75. The van der Waals surface area contributed by atoms with E-state index < -0.39 is 10.0 Å². The summed E-state index contributed by atoms with van der Waals surface area (Å²) in [7, 11) is -2.39. The molecule has 0 amide bonds. The molecule has 27 heavy (non-hydrogen) atoms. The predicted molar refractivity (Wildman–Crippen MR) is 105 cm³/mol. The number of benzene rings is 3. The summed E-state index contributed by atoms with van der Waals surface area (Å²) < 4.78 is 32.9. The first-order valence-corrected chi connectivity index (χ1v) is 9.83. The van der Waals surface area contributed by atoms with Crippen LogP contribution in [0.4, 0.5) is 5.69 Å². The van der Waals surface area contributed by atoms with E-state index in [1.165, 1.54) is 37.4 Å². The molecule has 0 unspecified atom stereocenters. The lowest BCUT2D eigenvalue weighted by Gasteiger charge is -2.13. The van der Waals surface area contributed by atoms with Gasteiger partial charge >= 0.3 is 0 Å². The van der Waals surface area contributed by atoms with E-state index in [1.807, 2.05) is 0 Å². The summed E-state index contributed by atoms with van der Waals surface area (Å²) in [6.45, 7) is 0. The second-order valence-electron chi connectivity index (χ2n) is 5.67. The van der Waals surface area contributed by atoms with Crippen molar-refractivity contribution in [3.63, 3.8) is 0 Å². The van der Waals surface area contributed by atoms with Gasteiger partial charge in [-0.2, -0.15) is 0 Å². The topological polar surface area (TPSA) is 72.5 Å². The number of anilines is 1. The molecule has 0 fully saturated rings. The summed E-state index contributed by atoms with van der Waals surface area (Å²) in [4.78, 5) is 12.9. The van der Waals surface area contributed by atoms with Gasteiger partial charge in [-0.25, -0.2) is 8.42 Å². The molecule has 0 radical (unpaired) electrons. The van der Waals surface area contributed by atoms with Gasteiger partial charge in [-0.1, -0.05) is 41.9 Å². The van der Waals surface area contributed by atoms with Crippen molar-refractivity contribution in [2.45, 2.75) is 4.90 Å². The highest BCUT2D eigenvalue weighted by Gasteiger charge is 2.20. The molecule has 0 aliphatic carbocycles. The zero-order valence-corrected chi connectivity index (χ0v) is 15.9. The Balaban J connectivity index is 1.98. The molecule has 3 aromatic carbocycles. The van der Waals surface area contributed by atoms with E-state index in [9.17, 15) is 13.2 Å². The van der Waals surface area contributed by atoms with Gasteiger partial charge in [0.25, 0.3) is 10.0 Å². The summed E-state index contributed by atoms with van der Waals surface area (Å²) in [6.07, 6.45) is 0. The molecule has 1 N–H and O–H groups in total. The first-order valence-electron chi connectivity index (χ1n) is 7.97. The van der Waals surface area contributed by atoms with Crippen LogP contribution in [0.3, 0.4) is 0 Å². The van der Waals surface area contributed by atoms with Gasteiger partial charge in [0.2, 0.25) is 0 Å². The third kappa shape index (κ3) is 4.30. The highest BCUT2D eigenvalue weighted by Crippen LogP contribution is 2.26. The second-order valence-corrected chi connectivity index (χ2v) is 7.78. The van der Waals surface area contributed by atoms with Crippen LogP contribution in [0.1, 0.15) is 15.9 Å². The molecule has 0 aliphatic heterocycles. The van der Waals surface area contributed by atoms with Crippen molar-refractivity contribution >= 4 is 33.1 Å². The average molecular weight is 402 g/mol. The lowest BCUT2D eigenvalue weighted by atomic mass is 10.0.